The summed E-state index contributed by atoms with van der Waals surface area (Å²) in [5.74, 6) is 1.81. The van der Waals surface area contributed by atoms with E-state index in [1.165, 1.54) is 0 Å². The van der Waals surface area contributed by atoms with Gasteiger partial charge in [-0.15, -0.1) is 0 Å². The Morgan fingerprint density at radius 3 is 2.76 bits per heavy atom. The number of halogens is 3. The Hall–Kier alpha value is -1.84. The van der Waals surface area contributed by atoms with Gasteiger partial charge in [-0.2, -0.15) is 18.3 Å². The van der Waals surface area contributed by atoms with Gasteiger partial charge in [0.15, 0.2) is 11.4 Å². The molecule has 2 N–H and O–H groups in total. The molecule has 0 radical (unpaired) electrons. The van der Waals surface area contributed by atoms with Crippen molar-refractivity contribution in [3.05, 3.63) is 11.6 Å². The zero-order valence-electron chi connectivity index (χ0n) is 14.2. The Morgan fingerprint density at radius 1 is 1.44 bits per heavy atom. The second-order valence-corrected chi connectivity index (χ2v) is 7.11. The SMILES string of the molecule is CC(C)c1nc2n(n1)CC(NC(=O)N1CCC(O)(C(F)(F)F)C1)CC2. The minimum atomic E-state index is -4.74. The van der Waals surface area contributed by atoms with Gasteiger partial charge >= 0.3 is 12.2 Å². The first-order chi connectivity index (χ1) is 11.6. The van der Waals surface area contributed by atoms with Crippen molar-refractivity contribution in [2.75, 3.05) is 13.1 Å². The fourth-order valence-electron chi connectivity index (χ4n) is 3.16. The fraction of sp³-hybridized carbons (Fsp3) is 0.800. The van der Waals surface area contributed by atoms with E-state index >= 15 is 0 Å². The van der Waals surface area contributed by atoms with E-state index in [1.54, 1.807) is 4.68 Å². The van der Waals surface area contributed by atoms with Gasteiger partial charge < -0.3 is 15.3 Å². The number of fused-ring (bicyclic) bond motifs is 1. The molecule has 1 saturated heterocycles. The van der Waals surface area contributed by atoms with Crippen LogP contribution in [0.4, 0.5) is 18.0 Å². The lowest BCUT2D eigenvalue weighted by Gasteiger charge is -2.28. The van der Waals surface area contributed by atoms with Crippen LogP contribution in [0.3, 0.4) is 0 Å². The van der Waals surface area contributed by atoms with Crippen LogP contribution < -0.4 is 5.32 Å². The average molecular weight is 361 g/mol. The summed E-state index contributed by atoms with van der Waals surface area (Å²) in [6, 6.07) is -0.806. The predicted molar refractivity (Wildman–Crippen MR) is 81.9 cm³/mol. The van der Waals surface area contributed by atoms with Crippen LogP contribution >= 0.6 is 0 Å². The number of carbonyl (C=O) groups is 1. The fourth-order valence-corrected chi connectivity index (χ4v) is 3.16. The minimum Gasteiger partial charge on any atom is -0.379 e. The molecule has 0 bridgehead atoms. The van der Waals surface area contributed by atoms with Crippen LogP contribution in [0, 0.1) is 0 Å². The van der Waals surface area contributed by atoms with E-state index in [0.717, 1.165) is 16.5 Å². The molecule has 7 nitrogen and oxygen atoms in total. The molecule has 2 aliphatic heterocycles. The minimum absolute atomic E-state index is 0.124. The van der Waals surface area contributed by atoms with Gasteiger partial charge in [-0.1, -0.05) is 13.8 Å². The highest BCUT2D eigenvalue weighted by molar-refractivity contribution is 5.75. The van der Waals surface area contributed by atoms with Gasteiger partial charge in [-0.05, 0) is 6.42 Å². The smallest absolute Gasteiger partial charge is 0.379 e. The number of alkyl halides is 3. The predicted octanol–water partition coefficient (Wildman–Crippen LogP) is 1.42. The Kier molecular flexibility index (Phi) is 4.42. The summed E-state index contributed by atoms with van der Waals surface area (Å²) in [6.07, 6.45) is -3.94. The van der Waals surface area contributed by atoms with Crippen LogP contribution in [0.2, 0.25) is 0 Å². The first-order valence-electron chi connectivity index (χ1n) is 8.37. The van der Waals surface area contributed by atoms with Crippen LogP contribution in [0.15, 0.2) is 0 Å². The van der Waals surface area contributed by atoms with Crippen LogP contribution in [0.1, 0.15) is 44.3 Å². The third kappa shape index (κ3) is 3.44. The molecular formula is C15H22F3N5O2. The van der Waals surface area contributed by atoms with E-state index < -0.39 is 30.8 Å². The molecule has 2 amide bonds. The number of aryl methyl sites for hydroxylation is 1. The average Bonchev–Trinajstić information content (AvgIpc) is 3.10. The molecular weight excluding hydrogens is 339 g/mol. The first kappa shape index (κ1) is 18.0. The molecule has 3 heterocycles. The summed E-state index contributed by atoms with van der Waals surface area (Å²) in [4.78, 5) is 17.7. The maximum Gasteiger partial charge on any atom is 0.419 e. The van der Waals surface area contributed by atoms with Crippen LogP contribution in [0.5, 0.6) is 0 Å². The van der Waals surface area contributed by atoms with E-state index in [-0.39, 0.29) is 18.5 Å². The zero-order chi connectivity index (χ0) is 18.4. The number of likely N-dealkylation sites (tertiary alicyclic amines) is 1. The third-order valence-electron chi connectivity index (χ3n) is 4.78. The monoisotopic (exact) mass is 361 g/mol. The van der Waals surface area contributed by atoms with E-state index in [4.69, 9.17) is 0 Å². The quantitative estimate of drug-likeness (QED) is 0.835. The van der Waals surface area contributed by atoms with Crippen molar-refractivity contribution in [3.8, 4) is 0 Å². The lowest BCUT2D eigenvalue weighted by molar-refractivity contribution is -0.253. The summed E-state index contributed by atoms with van der Waals surface area (Å²) in [7, 11) is 0. The number of nitrogens with zero attached hydrogens (tertiary/aromatic N) is 4. The van der Waals surface area contributed by atoms with E-state index in [0.29, 0.717) is 19.4 Å². The number of β-amino-alcohol motifs (C(OH)–C–C–N with tert-alkyl or cyclic N) is 1. The van der Waals surface area contributed by atoms with Crippen molar-refractivity contribution in [3.63, 3.8) is 0 Å². The molecule has 0 aliphatic carbocycles. The largest absolute Gasteiger partial charge is 0.419 e. The zero-order valence-corrected chi connectivity index (χ0v) is 14.2. The third-order valence-corrected chi connectivity index (χ3v) is 4.78. The highest BCUT2D eigenvalue weighted by Gasteiger charge is 2.57. The maximum absolute atomic E-state index is 12.8. The molecule has 2 unspecified atom stereocenters. The van der Waals surface area contributed by atoms with E-state index in [1.807, 2.05) is 13.8 Å². The van der Waals surface area contributed by atoms with Crippen molar-refractivity contribution in [2.24, 2.45) is 0 Å². The molecule has 2 aliphatic rings. The molecule has 0 aromatic carbocycles. The Morgan fingerprint density at radius 2 is 2.16 bits per heavy atom. The number of carbonyl (C=O) groups excluding carboxylic acids is 1. The van der Waals surface area contributed by atoms with E-state index in [9.17, 15) is 23.1 Å². The summed E-state index contributed by atoms with van der Waals surface area (Å²) >= 11 is 0. The Bertz CT molecular complexity index is 660. The van der Waals surface area contributed by atoms with Crippen molar-refractivity contribution < 1.29 is 23.1 Å². The Balaban J connectivity index is 1.59. The molecule has 1 aromatic heterocycles. The molecule has 0 saturated carbocycles. The van der Waals surface area contributed by atoms with Crippen LogP contribution in [-0.4, -0.2) is 61.7 Å². The second-order valence-electron chi connectivity index (χ2n) is 7.11. The number of nitrogens with one attached hydrogen (secondary N) is 1. The van der Waals surface area contributed by atoms with Gasteiger partial charge in [0.25, 0.3) is 0 Å². The van der Waals surface area contributed by atoms with Crippen molar-refractivity contribution in [1.82, 2.24) is 25.0 Å². The molecule has 2 atom stereocenters. The number of aliphatic hydroxyl groups is 1. The van der Waals surface area contributed by atoms with Gasteiger partial charge in [0, 0.05) is 25.3 Å². The molecule has 3 rings (SSSR count). The Labute approximate surface area is 143 Å². The highest BCUT2D eigenvalue weighted by Crippen LogP contribution is 2.37. The normalized spacial score (nSPS) is 26.8. The van der Waals surface area contributed by atoms with Crippen LogP contribution in [-0.2, 0) is 13.0 Å². The maximum atomic E-state index is 12.8. The number of amides is 2. The van der Waals surface area contributed by atoms with Crippen molar-refractivity contribution in [2.45, 2.75) is 63.4 Å². The highest BCUT2D eigenvalue weighted by atomic mass is 19.4. The van der Waals surface area contributed by atoms with Crippen molar-refractivity contribution >= 4 is 6.03 Å². The lowest BCUT2D eigenvalue weighted by atomic mass is 10.0. The van der Waals surface area contributed by atoms with Crippen molar-refractivity contribution in [1.29, 1.82) is 0 Å². The summed E-state index contributed by atoms with van der Waals surface area (Å²) in [5.41, 5.74) is -2.82. The molecule has 0 spiro atoms. The molecule has 25 heavy (non-hydrogen) atoms. The van der Waals surface area contributed by atoms with Gasteiger partial charge in [-0.25, -0.2) is 14.5 Å². The van der Waals surface area contributed by atoms with E-state index in [2.05, 4.69) is 15.4 Å². The van der Waals surface area contributed by atoms with Crippen LogP contribution in [0.25, 0.3) is 0 Å². The summed E-state index contributed by atoms with van der Waals surface area (Å²) in [5, 5.41) is 16.8. The molecule has 140 valence electrons. The molecule has 1 aromatic rings. The first-order valence-corrected chi connectivity index (χ1v) is 8.37. The number of hydrogen-bond acceptors (Lipinski definition) is 4. The standard InChI is InChI=1S/C15H22F3N5O2/c1-9(2)12-20-11-4-3-10(7-23(11)21-12)19-13(24)22-6-5-14(25,8-22)15(16,17)18/h9-10,25H,3-8H2,1-2H3,(H,19,24). The number of aromatic nitrogens is 3. The number of rotatable bonds is 2. The number of hydrogen-bond donors (Lipinski definition) is 2. The number of urea groups is 1. The summed E-state index contributed by atoms with van der Waals surface area (Å²) in [6.45, 7) is 3.57. The topological polar surface area (TPSA) is 83.3 Å². The van der Waals surface area contributed by atoms with Gasteiger partial charge in [0.05, 0.1) is 19.1 Å². The van der Waals surface area contributed by atoms with Gasteiger partial charge in [-0.3, -0.25) is 0 Å². The van der Waals surface area contributed by atoms with Gasteiger partial charge in [0.2, 0.25) is 0 Å². The van der Waals surface area contributed by atoms with Gasteiger partial charge in [0.1, 0.15) is 5.82 Å². The second kappa shape index (κ2) is 6.15. The molecule has 10 heteroatoms. The molecule has 1 fully saturated rings. The lowest BCUT2D eigenvalue weighted by Crippen LogP contribution is -2.51. The summed E-state index contributed by atoms with van der Waals surface area (Å²) < 4.78 is 40.3.